The monoisotopic (exact) mass is 425 g/mol. The van der Waals surface area contributed by atoms with Crippen LogP contribution in [0.4, 0.5) is 0 Å². The first-order valence-corrected chi connectivity index (χ1v) is 14.4. The van der Waals surface area contributed by atoms with Crippen molar-refractivity contribution in [2.45, 2.75) is 40.0 Å². The summed E-state index contributed by atoms with van der Waals surface area (Å²) >= 11 is 0. The molecule has 0 aromatic heterocycles. The standard InChI is InChI=1S/C30H34P/c1-21(2)17-31(18-22(3)4)19-25-15-13-23-9-5-7-11-27(23)29(25)30-26(20-31)16-14-24-10-6-8-12-28(24)30/h5-16,21-22H,17-20H2,1-4H3/q+1. The molecule has 1 heteroatoms. The highest BCUT2D eigenvalue weighted by Gasteiger charge is 2.43. The molecule has 4 aromatic carbocycles. The molecule has 5 rings (SSSR count). The van der Waals surface area contributed by atoms with Crippen LogP contribution in [0.2, 0.25) is 0 Å². The molecule has 0 bridgehead atoms. The van der Waals surface area contributed by atoms with Gasteiger partial charge in [-0.05, 0) is 55.6 Å². The third-order valence-electron chi connectivity index (χ3n) is 6.80. The molecular formula is C30H34P+. The molecule has 0 amide bonds. The van der Waals surface area contributed by atoms with Crippen molar-refractivity contribution < 1.29 is 0 Å². The normalized spacial score (nSPS) is 15.3. The zero-order valence-corrected chi connectivity index (χ0v) is 20.3. The van der Waals surface area contributed by atoms with E-state index in [1.807, 2.05) is 0 Å². The fraction of sp³-hybridized carbons (Fsp3) is 0.333. The minimum Gasteiger partial charge on any atom is -0.0616 e. The number of fused-ring (bicyclic) bond motifs is 7. The van der Waals surface area contributed by atoms with Gasteiger partial charge in [0.05, 0.1) is 24.6 Å². The van der Waals surface area contributed by atoms with E-state index in [1.165, 1.54) is 57.3 Å². The first-order chi connectivity index (χ1) is 15.0. The lowest BCUT2D eigenvalue weighted by Gasteiger charge is -2.30. The average molecular weight is 426 g/mol. The zero-order valence-electron chi connectivity index (χ0n) is 19.4. The van der Waals surface area contributed by atoms with E-state index >= 15 is 0 Å². The largest absolute Gasteiger partial charge is 0.0852 e. The van der Waals surface area contributed by atoms with Crippen molar-refractivity contribution in [1.29, 1.82) is 0 Å². The van der Waals surface area contributed by atoms with Crippen molar-refractivity contribution in [2.24, 2.45) is 11.8 Å². The van der Waals surface area contributed by atoms with Gasteiger partial charge in [-0.25, -0.2) is 0 Å². The molecule has 0 atom stereocenters. The van der Waals surface area contributed by atoms with Gasteiger partial charge in [-0.3, -0.25) is 0 Å². The first kappa shape index (κ1) is 20.7. The molecule has 0 saturated heterocycles. The first-order valence-electron chi connectivity index (χ1n) is 11.8. The van der Waals surface area contributed by atoms with Crippen LogP contribution < -0.4 is 0 Å². The molecule has 0 fully saturated rings. The van der Waals surface area contributed by atoms with Crippen molar-refractivity contribution in [1.82, 2.24) is 0 Å². The Balaban J connectivity index is 1.87. The molecule has 0 saturated carbocycles. The predicted molar refractivity (Wildman–Crippen MR) is 141 cm³/mol. The summed E-state index contributed by atoms with van der Waals surface area (Å²) in [6.45, 7) is 9.70. The second kappa shape index (κ2) is 8.07. The molecule has 4 aromatic rings. The van der Waals surface area contributed by atoms with Gasteiger partial charge in [0.2, 0.25) is 0 Å². The molecular weight excluding hydrogens is 391 g/mol. The van der Waals surface area contributed by atoms with E-state index in [0.29, 0.717) is 0 Å². The summed E-state index contributed by atoms with van der Waals surface area (Å²) in [4.78, 5) is 0. The molecule has 0 radical (unpaired) electrons. The van der Waals surface area contributed by atoms with Crippen molar-refractivity contribution in [3.05, 3.63) is 83.9 Å². The van der Waals surface area contributed by atoms with Gasteiger partial charge in [-0.1, -0.05) is 100 Å². The van der Waals surface area contributed by atoms with E-state index in [9.17, 15) is 0 Å². The van der Waals surface area contributed by atoms with Crippen LogP contribution in [0.1, 0.15) is 38.8 Å². The van der Waals surface area contributed by atoms with Gasteiger partial charge in [0, 0.05) is 7.26 Å². The maximum Gasteiger partial charge on any atom is 0.0852 e. The summed E-state index contributed by atoms with van der Waals surface area (Å²) in [7, 11) is -1.17. The highest BCUT2D eigenvalue weighted by molar-refractivity contribution is 7.74. The minimum atomic E-state index is -1.17. The molecule has 0 spiro atoms. The Kier molecular flexibility index (Phi) is 5.39. The molecule has 1 aliphatic heterocycles. The average Bonchev–Trinajstić information content (AvgIpc) is 2.86. The molecule has 0 unspecified atom stereocenters. The fourth-order valence-electron chi connectivity index (χ4n) is 6.15. The van der Waals surface area contributed by atoms with Crippen LogP contribution in [0.25, 0.3) is 32.7 Å². The van der Waals surface area contributed by atoms with Gasteiger partial charge in [-0.2, -0.15) is 0 Å². The number of hydrogen-bond donors (Lipinski definition) is 0. The van der Waals surface area contributed by atoms with Gasteiger partial charge < -0.3 is 0 Å². The Labute approximate surface area is 188 Å². The SMILES string of the molecule is CC(C)C[P+]1(CC(C)C)Cc2ccc3ccccc3c2-c2c(ccc3ccccc23)C1. The Morgan fingerprint density at radius 2 is 1.00 bits per heavy atom. The van der Waals surface area contributed by atoms with Crippen molar-refractivity contribution in [3.63, 3.8) is 0 Å². The smallest absolute Gasteiger partial charge is 0.0616 e. The molecule has 0 N–H and O–H groups in total. The summed E-state index contributed by atoms with van der Waals surface area (Å²) in [6.07, 6.45) is 5.35. The lowest BCUT2D eigenvalue weighted by molar-refractivity contribution is 0.707. The summed E-state index contributed by atoms with van der Waals surface area (Å²) in [6, 6.07) is 27.7. The summed E-state index contributed by atoms with van der Waals surface area (Å²) < 4.78 is 0. The van der Waals surface area contributed by atoms with Crippen LogP contribution in [0, 0.1) is 11.8 Å². The lowest BCUT2D eigenvalue weighted by atomic mass is 9.88. The van der Waals surface area contributed by atoms with Crippen LogP contribution in [-0.4, -0.2) is 12.3 Å². The summed E-state index contributed by atoms with van der Waals surface area (Å²) in [5, 5.41) is 5.57. The zero-order chi connectivity index (χ0) is 21.6. The van der Waals surface area contributed by atoms with Crippen LogP contribution in [0.5, 0.6) is 0 Å². The second-order valence-electron chi connectivity index (χ2n) is 10.5. The van der Waals surface area contributed by atoms with Crippen molar-refractivity contribution in [2.75, 3.05) is 12.3 Å². The van der Waals surface area contributed by atoms with E-state index in [-0.39, 0.29) is 0 Å². The van der Waals surface area contributed by atoms with Crippen molar-refractivity contribution >= 4 is 28.8 Å². The van der Waals surface area contributed by atoms with E-state index < -0.39 is 7.26 Å². The Hall–Kier alpha value is -2.17. The number of rotatable bonds is 4. The number of hydrogen-bond acceptors (Lipinski definition) is 0. The fourth-order valence-corrected chi connectivity index (χ4v) is 12.0. The van der Waals surface area contributed by atoms with Crippen LogP contribution in [0.15, 0.2) is 72.8 Å². The van der Waals surface area contributed by atoms with E-state index in [4.69, 9.17) is 0 Å². The van der Waals surface area contributed by atoms with Gasteiger partial charge >= 0.3 is 0 Å². The van der Waals surface area contributed by atoms with Crippen LogP contribution >= 0.6 is 7.26 Å². The predicted octanol–water partition coefficient (Wildman–Crippen LogP) is 9.00. The van der Waals surface area contributed by atoms with Gasteiger partial charge in [0.25, 0.3) is 0 Å². The summed E-state index contributed by atoms with van der Waals surface area (Å²) in [5.74, 6) is 1.50. The maximum absolute atomic E-state index is 2.46. The molecule has 1 aliphatic rings. The Bertz CT molecular complexity index is 1150. The van der Waals surface area contributed by atoms with Gasteiger partial charge in [0.15, 0.2) is 0 Å². The number of benzene rings is 4. The molecule has 0 aliphatic carbocycles. The highest BCUT2D eigenvalue weighted by atomic mass is 31.2. The lowest BCUT2D eigenvalue weighted by Crippen LogP contribution is -2.15. The third-order valence-corrected chi connectivity index (χ3v) is 11.8. The molecule has 0 nitrogen and oxygen atoms in total. The van der Waals surface area contributed by atoms with Crippen LogP contribution in [-0.2, 0) is 12.3 Å². The topological polar surface area (TPSA) is 0 Å². The van der Waals surface area contributed by atoms with Gasteiger partial charge in [0.1, 0.15) is 0 Å². The Morgan fingerprint density at radius 1 is 0.581 bits per heavy atom. The van der Waals surface area contributed by atoms with Gasteiger partial charge in [-0.15, -0.1) is 0 Å². The van der Waals surface area contributed by atoms with E-state index in [2.05, 4.69) is 100 Å². The third kappa shape index (κ3) is 3.81. The minimum absolute atomic E-state index is 0.748. The second-order valence-corrected chi connectivity index (χ2v) is 14.5. The van der Waals surface area contributed by atoms with Crippen LogP contribution in [0.3, 0.4) is 0 Å². The summed E-state index contributed by atoms with van der Waals surface area (Å²) in [5.41, 5.74) is 6.20. The van der Waals surface area contributed by atoms with E-state index in [0.717, 1.165) is 11.8 Å². The molecule has 158 valence electrons. The maximum atomic E-state index is 2.46. The molecule has 1 heterocycles. The van der Waals surface area contributed by atoms with E-state index in [1.54, 1.807) is 11.1 Å². The highest BCUT2D eigenvalue weighted by Crippen LogP contribution is 2.69. The quantitative estimate of drug-likeness (QED) is 0.286. The Morgan fingerprint density at radius 3 is 1.42 bits per heavy atom. The molecule has 31 heavy (non-hydrogen) atoms. The van der Waals surface area contributed by atoms with Crippen molar-refractivity contribution in [3.8, 4) is 11.1 Å².